The molecular weight excluding hydrogens is 220 g/mol. The van der Waals surface area contributed by atoms with Gasteiger partial charge in [-0.15, -0.1) is 0 Å². The van der Waals surface area contributed by atoms with Crippen LogP contribution in [0.25, 0.3) is 0 Å². The highest BCUT2D eigenvalue weighted by molar-refractivity contribution is 6.00. The molecule has 0 heterocycles. The number of ether oxygens (including phenoxy) is 2. The van der Waals surface area contributed by atoms with E-state index in [-0.39, 0.29) is 18.2 Å². The minimum atomic E-state index is -0.290. The van der Waals surface area contributed by atoms with E-state index in [1.165, 1.54) is 7.11 Å². The van der Waals surface area contributed by atoms with Gasteiger partial charge in [0, 0.05) is 12.0 Å². The topological polar surface area (TPSA) is 52.6 Å². The van der Waals surface area contributed by atoms with E-state index < -0.39 is 0 Å². The molecule has 0 saturated heterocycles. The van der Waals surface area contributed by atoms with Gasteiger partial charge >= 0.3 is 5.97 Å². The average molecular weight is 234 g/mol. The maximum absolute atomic E-state index is 11.4. The van der Waals surface area contributed by atoms with E-state index in [1.807, 2.05) is 6.07 Å². The first kappa shape index (κ1) is 11.6. The average Bonchev–Trinajstić information content (AvgIpc) is 2.70. The van der Waals surface area contributed by atoms with Crippen molar-refractivity contribution < 1.29 is 19.1 Å². The van der Waals surface area contributed by atoms with Crippen LogP contribution in [0, 0.1) is 0 Å². The number of Topliss-reactive ketones (excluding diaryl/α,β-unsaturated/α-hetero) is 1. The molecule has 0 N–H and O–H groups in total. The highest BCUT2D eigenvalue weighted by Crippen LogP contribution is 2.26. The molecule has 1 aliphatic rings. The molecule has 0 aliphatic heterocycles. The second kappa shape index (κ2) is 4.99. The van der Waals surface area contributed by atoms with Crippen LogP contribution >= 0.6 is 0 Å². The Hall–Kier alpha value is -1.84. The summed E-state index contributed by atoms with van der Waals surface area (Å²) < 4.78 is 9.94. The third kappa shape index (κ3) is 2.64. The lowest BCUT2D eigenvalue weighted by Crippen LogP contribution is -2.07. The monoisotopic (exact) mass is 234 g/mol. The highest BCUT2D eigenvalue weighted by Gasteiger charge is 2.19. The Bertz CT molecular complexity index is 451. The van der Waals surface area contributed by atoms with Gasteiger partial charge in [-0.05, 0) is 30.2 Å². The number of fused-ring (bicyclic) bond motifs is 1. The minimum absolute atomic E-state index is 0.195. The largest absolute Gasteiger partial charge is 0.493 e. The number of rotatable bonds is 4. The number of benzene rings is 1. The predicted octanol–water partition coefficient (Wildman–Crippen LogP) is 1.76. The number of carbonyl (C=O) groups is 2. The predicted molar refractivity (Wildman–Crippen MR) is 61.2 cm³/mol. The van der Waals surface area contributed by atoms with Gasteiger partial charge in [0.15, 0.2) is 5.78 Å². The van der Waals surface area contributed by atoms with Crippen molar-refractivity contribution in [3.05, 3.63) is 29.3 Å². The van der Waals surface area contributed by atoms with Gasteiger partial charge in [-0.3, -0.25) is 9.59 Å². The summed E-state index contributed by atoms with van der Waals surface area (Å²) in [6.45, 7) is 0.291. The van der Waals surface area contributed by atoms with Gasteiger partial charge in [0.2, 0.25) is 0 Å². The van der Waals surface area contributed by atoms with Gasteiger partial charge in [0.25, 0.3) is 0 Å². The van der Waals surface area contributed by atoms with E-state index in [1.54, 1.807) is 12.1 Å². The summed E-state index contributed by atoms with van der Waals surface area (Å²) in [7, 11) is 1.35. The number of methoxy groups -OCH3 is 1. The van der Waals surface area contributed by atoms with Crippen LogP contribution in [0.15, 0.2) is 18.2 Å². The van der Waals surface area contributed by atoms with Crippen molar-refractivity contribution in [3.8, 4) is 5.75 Å². The van der Waals surface area contributed by atoms with Crippen LogP contribution in [0.4, 0.5) is 0 Å². The Morgan fingerprint density at radius 1 is 1.35 bits per heavy atom. The first-order chi connectivity index (χ1) is 8.20. The summed E-state index contributed by atoms with van der Waals surface area (Å²) in [5, 5.41) is 0. The number of esters is 1. The van der Waals surface area contributed by atoms with E-state index in [2.05, 4.69) is 4.74 Å². The first-order valence-electron chi connectivity index (χ1n) is 5.56. The summed E-state index contributed by atoms with van der Waals surface area (Å²) in [5.74, 6) is 0.602. The molecule has 0 fully saturated rings. The smallest absolute Gasteiger partial charge is 0.308 e. The van der Waals surface area contributed by atoms with Crippen LogP contribution < -0.4 is 4.74 Å². The van der Waals surface area contributed by atoms with E-state index in [4.69, 9.17) is 4.74 Å². The van der Waals surface area contributed by atoms with Crippen LogP contribution in [0.2, 0.25) is 0 Å². The highest BCUT2D eigenvalue weighted by atomic mass is 16.5. The molecule has 0 bridgehead atoms. The van der Waals surface area contributed by atoms with E-state index >= 15 is 0 Å². The number of carbonyl (C=O) groups excluding carboxylic acids is 2. The number of hydrogen-bond donors (Lipinski definition) is 0. The fourth-order valence-electron chi connectivity index (χ4n) is 1.88. The summed E-state index contributed by atoms with van der Waals surface area (Å²) in [4.78, 5) is 22.3. The lowest BCUT2D eigenvalue weighted by molar-refractivity contribution is -0.141. The van der Waals surface area contributed by atoms with Crippen LogP contribution in [0.1, 0.15) is 28.8 Å². The molecule has 0 spiro atoms. The van der Waals surface area contributed by atoms with Crippen LogP contribution in [0.3, 0.4) is 0 Å². The van der Waals surface area contributed by atoms with Gasteiger partial charge in [-0.25, -0.2) is 0 Å². The molecule has 0 aromatic heterocycles. The molecule has 1 aromatic rings. The van der Waals surface area contributed by atoms with Gasteiger partial charge in [-0.2, -0.15) is 0 Å². The second-order valence-electron chi connectivity index (χ2n) is 3.92. The zero-order valence-electron chi connectivity index (χ0n) is 9.69. The lowest BCUT2D eigenvalue weighted by Gasteiger charge is -2.06. The van der Waals surface area contributed by atoms with Crippen LogP contribution in [0.5, 0.6) is 5.75 Å². The molecular formula is C13H14O4. The van der Waals surface area contributed by atoms with Gasteiger partial charge in [0.05, 0.1) is 20.1 Å². The van der Waals surface area contributed by atoms with Crippen molar-refractivity contribution in [2.45, 2.75) is 19.3 Å². The summed E-state index contributed by atoms with van der Waals surface area (Å²) in [5.41, 5.74) is 1.83. The zero-order valence-corrected chi connectivity index (χ0v) is 9.69. The molecule has 2 rings (SSSR count). The van der Waals surface area contributed by atoms with Gasteiger partial charge in [-0.1, -0.05) is 0 Å². The molecule has 0 amide bonds. The standard InChI is InChI=1S/C13H14O4/c1-16-13(15)6-7-17-10-3-4-11-9(8-10)2-5-12(11)14/h3-4,8H,2,5-7H2,1H3. The van der Waals surface area contributed by atoms with Gasteiger partial charge in [0.1, 0.15) is 5.75 Å². The SMILES string of the molecule is COC(=O)CCOc1ccc2c(c1)CCC2=O. The van der Waals surface area contributed by atoms with Crippen LogP contribution in [-0.2, 0) is 16.0 Å². The number of ketones is 1. The summed E-state index contributed by atoms with van der Waals surface area (Å²) in [6, 6.07) is 5.43. The van der Waals surface area contributed by atoms with Crippen molar-refractivity contribution in [2.75, 3.05) is 13.7 Å². The molecule has 0 radical (unpaired) electrons. The third-order valence-corrected chi connectivity index (χ3v) is 2.80. The van der Waals surface area contributed by atoms with E-state index in [0.717, 1.165) is 17.5 Å². The molecule has 1 aliphatic carbocycles. The maximum atomic E-state index is 11.4. The van der Waals surface area contributed by atoms with Crippen molar-refractivity contribution in [1.82, 2.24) is 0 Å². The molecule has 0 atom stereocenters. The van der Waals surface area contributed by atoms with Gasteiger partial charge < -0.3 is 9.47 Å². The van der Waals surface area contributed by atoms with E-state index in [9.17, 15) is 9.59 Å². The van der Waals surface area contributed by atoms with Crippen molar-refractivity contribution in [3.63, 3.8) is 0 Å². The molecule has 0 unspecified atom stereocenters. The number of aryl methyl sites for hydroxylation is 1. The Kier molecular flexibility index (Phi) is 3.42. The summed E-state index contributed by atoms with van der Waals surface area (Å²) >= 11 is 0. The maximum Gasteiger partial charge on any atom is 0.308 e. The third-order valence-electron chi connectivity index (χ3n) is 2.80. The van der Waals surface area contributed by atoms with Crippen molar-refractivity contribution in [1.29, 1.82) is 0 Å². The second-order valence-corrected chi connectivity index (χ2v) is 3.92. The molecule has 17 heavy (non-hydrogen) atoms. The molecule has 1 aromatic carbocycles. The molecule has 0 saturated carbocycles. The fourth-order valence-corrected chi connectivity index (χ4v) is 1.88. The Labute approximate surface area is 99.5 Å². The zero-order chi connectivity index (χ0) is 12.3. The first-order valence-corrected chi connectivity index (χ1v) is 5.56. The van der Waals surface area contributed by atoms with Crippen molar-refractivity contribution in [2.24, 2.45) is 0 Å². The Morgan fingerprint density at radius 3 is 2.94 bits per heavy atom. The molecule has 90 valence electrons. The van der Waals surface area contributed by atoms with E-state index in [0.29, 0.717) is 18.8 Å². The summed E-state index contributed by atoms with van der Waals surface area (Å²) in [6.07, 6.45) is 1.59. The normalized spacial score (nSPS) is 13.4. The Morgan fingerprint density at radius 2 is 2.18 bits per heavy atom. The van der Waals surface area contributed by atoms with Crippen molar-refractivity contribution >= 4 is 11.8 Å². The quantitative estimate of drug-likeness (QED) is 0.745. The Balaban J connectivity index is 1.95. The van der Waals surface area contributed by atoms with Crippen LogP contribution in [-0.4, -0.2) is 25.5 Å². The molecule has 4 heteroatoms. The fraction of sp³-hybridized carbons (Fsp3) is 0.385. The minimum Gasteiger partial charge on any atom is -0.493 e. The molecule has 4 nitrogen and oxygen atoms in total. The number of hydrogen-bond acceptors (Lipinski definition) is 4. The lowest BCUT2D eigenvalue weighted by atomic mass is 10.1.